The molecular weight excluding hydrogens is 469 g/mol. The number of nitrogens with zero attached hydrogens (tertiary/aromatic N) is 1. The molecule has 0 aromatic heterocycles. The summed E-state index contributed by atoms with van der Waals surface area (Å²) < 4.78 is 18.6. The first-order valence-corrected chi connectivity index (χ1v) is 12.5. The summed E-state index contributed by atoms with van der Waals surface area (Å²) in [6.07, 6.45) is 0.853. The number of aryl methyl sites for hydroxylation is 1. The van der Waals surface area contributed by atoms with Gasteiger partial charge in [-0.3, -0.25) is 14.5 Å². The van der Waals surface area contributed by atoms with Gasteiger partial charge in [-0.05, 0) is 66.5 Å². The number of benzene rings is 3. The molecule has 3 aromatic carbocycles. The normalized spacial score (nSPS) is 13.8. The molecule has 0 bridgehead atoms. The van der Waals surface area contributed by atoms with E-state index in [0.29, 0.717) is 35.4 Å². The van der Waals surface area contributed by atoms with Crippen molar-refractivity contribution in [3.63, 3.8) is 0 Å². The van der Waals surface area contributed by atoms with Gasteiger partial charge in [0.2, 0.25) is 0 Å². The Labute approximate surface area is 217 Å². The fraction of sp³-hybridized carbons (Fsp3) is 0.267. The maximum atomic E-state index is 13.8. The molecule has 1 aliphatic heterocycles. The highest BCUT2D eigenvalue weighted by molar-refractivity contribution is 6.37. The van der Waals surface area contributed by atoms with Crippen LogP contribution in [0.4, 0.5) is 15.8 Å². The number of rotatable bonds is 10. The Bertz CT molecular complexity index is 1300. The van der Waals surface area contributed by atoms with Crippen LogP contribution in [0.2, 0.25) is 0 Å². The lowest BCUT2D eigenvalue weighted by Gasteiger charge is -2.19. The van der Waals surface area contributed by atoms with Crippen molar-refractivity contribution in [2.24, 2.45) is 0 Å². The molecule has 4 rings (SSSR count). The second kappa shape index (κ2) is 11.8. The van der Waals surface area contributed by atoms with E-state index in [-0.39, 0.29) is 11.9 Å². The SMILES string of the molecule is CCN(CC)Cc1ccc(N/C(=C2\C(=O)Nc3cc(F)ccc32)c2ccc(CCC(=O)OC)cc2)cc1. The lowest BCUT2D eigenvalue weighted by Crippen LogP contribution is -2.22. The Morgan fingerprint density at radius 1 is 0.973 bits per heavy atom. The smallest absolute Gasteiger partial charge is 0.305 e. The van der Waals surface area contributed by atoms with Gasteiger partial charge in [0.25, 0.3) is 5.91 Å². The minimum Gasteiger partial charge on any atom is -0.469 e. The molecule has 192 valence electrons. The molecule has 0 atom stereocenters. The van der Waals surface area contributed by atoms with E-state index in [9.17, 15) is 14.0 Å². The summed E-state index contributed by atoms with van der Waals surface area (Å²) in [5.41, 5.74) is 5.99. The van der Waals surface area contributed by atoms with Gasteiger partial charge in [-0.25, -0.2) is 4.39 Å². The summed E-state index contributed by atoms with van der Waals surface area (Å²) in [6.45, 7) is 7.13. The zero-order chi connectivity index (χ0) is 26.4. The highest BCUT2D eigenvalue weighted by atomic mass is 19.1. The van der Waals surface area contributed by atoms with Gasteiger partial charge in [-0.15, -0.1) is 0 Å². The number of ether oxygens (including phenoxy) is 1. The van der Waals surface area contributed by atoms with E-state index in [4.69, 9.17) is 4.74 Å². The fourth-order valence-electron chi connectivity index (χ4n) is 4.40. The predicted octanol–water partition coefficient (Wildman–Crippen LogP) is 5.71. The molecule has 1 heterocycles. The molecule has 0 saturated carbocycles. The molecule has 1 amide bonds. The van der Waals surface area contributed by atoms with Crippen LogP contribution in [0.3, 0.4) is 0 Å². The first kappa shape index (κ1) is 26.1. The number of methoxy groups -OCH3 is 1. The molecular formula is C30H32FN3O3. The molecule has 37 heavy (non-hydrogen) atoms. The number of carbonyl (C=O) groups is 2. The van der Waals surface area contributed by atoms with E-state index in [1.807, 2.05) is 36.4 Å². The predicted molar refractivity (Wildman–Crippen MR) is 145 cm³/mol. The summed E-state index contributed by atoms with van der Waals surface area (Å²) in [6, 6.07) is 20.2. The third-order valence-electron chi connectivity index (χ3n) is 6.59. The molecule has 0 saturated heterocycles. The number of hydrogen-bond donors (Lipinski definition) is 2. The van der Waals surface area contributed by atoms with Crippen LogP contribution in [0.15, 0.2) is 66.7 Å². The second-order valence-corrected chi connectivity index (χ2v) is 8.95. The number of fused-ring (bicyclic) bond motifs is 1. The Morgan fingerprint density at radius 3 is 2.30 bits per heavy atom. The molecule has 0 aliphatic carbocycles. The lowest BCUT2D eigenvalue weighted by atomic mass is 9.98. The van der Waals surface area contributed by atoms with Gasteiger partial charge in [-0.1, -0.05) is 50.2 Å². The van der Waals surface area contributed by atoms with E-state index in [1.165, 1.54) is 24.8 Å². The zero-order valence-corrected chi connectivity index (χ0v) is 21.4. The maximum absolute atomic E-state index is 13.8. The first-order chi connectivity index (χ1) is 17.9. The number of amides is 1. The van der Waals surface area contributed by atoms with Crippen LogP contribution in [-0.4, -0.2) is 37.0 Å². The summed E-state index contributed by atoms with van der Waals surface area (Å²) in [7, 11) is 1.38. The molecule has 0 spiro atoms. The maximum Gasteiger partial charge on any atom is 0.305 e. The van der Waals surface area contributed by atoms with Gasteiger partial charge < -0.3 is 15.4 Å². The van der Waals surface area contributed by atoms with Crippen LogP contribution in [-0.2, 0) is 27.3 Å². The third kappa shape index (κ3) is 6.24. The highest BCUT2D eigenvalue weighted by Crippen LogP contribution is 2.38. The fourth-order valence-corrected chi connectivity index (χ4v) is 4.40. The molecule has 7 heteroatoms. The number of anilines is 2. The Balaban J connectivity index is 1.69. The molecule has 2 N–H and O–H groups in total. The van der Waals surface area contributed by atoms with Crippen molar-refractivity contribution in [2.75, 3.05) is 30.8 Å². The van der Waals surface area contributed by atoms with E-state index in [2.05, 4.69) is 41.5 Å². The summed E-state index contributed by atoms with van der Waals surface area (Å²) in [4.78, 5) is 26.9. The zero-order valence-electron chi connectivity index (χ0n) is 21.4. The van der Waals surface area contributed by atoms with Gasteiger partial charge in [0.05, 0.1) is 24.1 Å². The van der Waals surface area contributed by atoms with Crippen LogP contribution in [0.1, 0.15) is 42.5 Å². The molecule has 3 aromatic rings. The second-order valence-electron chi connectivity index (χ2n) is 8.95. The topological polar surface area (TPSA) is 70.7 Å². The third-order valence-corrected chi connectivity index (χ3v) is 6.59. The van der Waals surface area contributed by atoms with E-state index in [0.717, 1.165) is 36.4 Å². The van der Waals surface area contributed by atoms with Crippen molar-refractivity contribution in [2.45, 2.75) is 33.2 Å². The van der Waals surface area contributed by atoms with E-state index >= 15 is 0 Å². The molecule has 6 nitrogen and oxygen atoms in total. The number of hydrogen-bond acceptors (Lipinski definition) is 5. The standard InChI is InChI=1S/C30H32FN3O3/c1-4-34(5-2)19-21-8-14-24(15-9-21)32-29(22-11-6-20(7-12-22)10-17-27(35)37-3)28-25-16-13-23(31)18-26(25)33-30(28)36/h6-9,11-16,18,32H,4-5,10,17,19H2,1-3H3,(H,33,36)/b29-28-. The minimum atomic E-state index is -0.409. The van der Waals surface area contributed by atoms with Crippen molar-refractivity contribution < 1.29 is 18.7 Å². The minimum absolute atomic E-state index is 0.260. The van der Waals surface area contributed by atoms with Crippen LogP contribution >= 0.6 is 0 Å². The van der Waals surface area contributed by atoms with Crippen LogP contribution in [0.5, 0.6) is 0 Å². The Morgan fingerprint density at radius 2 is 1.65 bits per heavy atom. The van der Waals surface area contributed by atoms with Crippen molar-refractivity contribution >= 4 is 34.5 Å². The van der Waals surface area contributed by atoms with Crippen molar-refractivity contribution in [1.82, 2.24) is 4.90 Å². The first-order valence-electron chi connectivity index (χ1n) is 12.5. The summed E-state index contributed by atoms with van der Waals surface area (Å²) in [5, 5.41) is 6.23. The van der Waals surface area contributed by atoms with Gasteiger partial charge in [0.1, 0.15) is 5.82 Å². The summed E-state index contributed by atoms with van der Waals surface area (Å²) in [5.74, 6) is -0.964. The average molecular weight is 502 g/mol. The van der Waals surface area contributed by atoms with Crippen molar-refractivity contribution in [3.8, 4) is 0 Å². The number of esters is 1. The average Bonchev–Trinajstić information content (AvgIpc) is 3.24. The highest BCUT2D eigenvalue weighted by Gasteiger charge is 2.29. The van der Waals surface area contributed by atoms with Crippen LogP contribution < -0.4 is 10.6 Å². The van der Waals surface area contributed by atoms with E-state index < -0.39 is 5.82 Å². The monoisotopic (exact) mass is 501 g/mol. The van der Waals surface area contributed by atoms with Gasteiger partial charge in [0.15, 0.2) is 0 Å². The summed E-state index contributed by atoms with van der Waals surface area (Å²) >= 11 is 0. The van der Waals surface area contributed by atoms with Crippen LogP contribution in [0.25, 0.3) is 11.3 Å². The number of nitrogens with one attached hydrogen (secondary N) is 2. The lowest BCUT2D eigenvalue weighted by molar-refractivity contribution is -0.140. The molecule has 0 radical (unpaired) electrons. The van der Waals surface area contributed by atoms with Crippen LogP contribution in [0, 0.1) is 5.82 Å². The number of halogens is 1. The molecule has 1 aliphatic rings. The van der Waals surface area contributed by atoms with Gasteiger partial charge in [0, 0.05) is 24.2 Å². The van der Waals surface area contributed by atoms with Crippen molar-refractivity contribution in [1.29, 1.82) is 0 Å². The number of carbonyl (C=O) groups excluding carboxylic acids is 2. The Hall–Kier alpha value is -3.97. The van der Waals surface area contributed by atoms with Crippen molar-refractivity contribution in [3.05, 3.63) is 94.8 Å². The molecule has 0 unspecified atom stereocenters. The van der Waals surface area contributed by atoms with Gasteiger partial charge >= 0.3 is 5.97 Å². The van der Waals surface area contributed by atoms with E-state index in [1.54, 1.807) is 6.07 Å². The molecule has 0 fully saturated rings. The van der Waals surface area contributed by atoms with Gasteiger partial charge in [-0.2, -0.15) is 0 Å². The largest absolute Gasteiger partial charge is 0.469 e. The Kier molecular flexibility index (Phi) is 8.36. The quantitative estimate of drug-likeness (QED) is 0.275.